The van der Waals surface area contributed by atoms with Gasteiger partial charge in [-0.05, 0) is 13.5 Å². The Kier molecular flexibility index (Phi) is 8.55. The van der Waals surface area contributed by atoms with Crippen molar-refractivity contribution in [1.82, 2.24) is 5.32 Å². The fourth-order valence-corrected chi connectivity index (χ4v) is 5.23. The summed E-state index contributed by atoms with van der Waals surface area (Å²) in [5.41, 5.74) is 11.8. The van der Waals surface area contributed by atoms with Gasteiger partial charge in [0.15, 0.2) is 12.4 Å². The van der Waals surface area contributed by atoms with E-state index in [-0.39, 0.29) is 6.42 Å². The molecule has 3 saturated heterocycles. The van der Waals surface area contributed by atoms with Crippen molar-refractivity contribution in [2.24, 2.45) is 11.5 Å². The van der Waals surface area contributed by atoms with Gasteiger partial charge in [0.05, 0.1) is 31.5 Å². The maximum Gasteiger partial charge on any atom is 0.314 e. The van der Waals surface area contributed by atoms with Gasteiger partial charge in [-0.1, -0.05) is 0 Å². The predicted molar refractivity (Wildman–Crippen MR) is 115 cm³/mol. The zero-order chi connectivity index (χ0) is 26.5. The number of hydrogen-bond acceptors (Lipinski definition) is 16. The number of hydrogen-bond donors (Lipinski definition) is 11. The molecular weight excluding hydrogens is 490 g/mol. The average Bonchev–Trinajstić information content (AvgIpc) is 3.27. The number of likely N-dealkylation sites (N-methyl/N-ethyl adjacent to an activating group) is 1. The largest absolute Gasteiger partial charge is 0.395 e. The molecule has 1 saturated carbocycles. The molecule has 16 atom stereocenters. The van der Waals surface area contributed by atoms with E-state index in [1.807, 2.05) is 0 Å². The van der Waals surface area contributed by atoms with Gasteiger partial charge in [-0.3, -0.25) is 0 Å². The molecule has 0 radical (unpaired) electrons. The van der Waals surface area contributed by atoms with Crippen LogP contribution in [-0.2, 0) is 23.7 Å². The van der Waals surface area contributed by atoms with Crippen LogP contribution in [0.4, 0.5) is 0 Å². The lowest BCUT2D eigenvalue weighted by Gasteiger charge is -2.46. The highest BCUT2D eigenvalue weighted by atomic mass is 16.9. The maximum atomic E-state index is 10.7. The fourth-order valence-electron chi connectivity index (χ4n) is 5.23. The number of fused-ring (bicyclic) bond motifs is 1. The third kappa shape index (κ3) is 4.68. The molecule has 4 fully saturated rings. The van der Waals surface area contributed by atoms with E-state index in [1.54, 1.807) is 7.05 Å². The number of nitrogens with one attached hydrogen (secondary N) is 1. The second kappa shape index (κ2) is 10.9. The zero-order valence-corrected chi connectivity index (χ0v) is 19.6. The van der Waals surface area contributed by atoms with Crippen molar-refractivity contribution in [2.45, 2.75) is 104 Å². The summed E-state index contributed by atoms with van der Waals surface area (Å²) in [5, 5.41) is 85.6. The predicted octanol–water partition coefficient (Wildman–Crippen LogP) is -7.27. The lowest BCUT2D eigenvalue weighted by molar-refractivity contribution is -0.439. The van der Waals surface area contributed by atoms with Crippen LogP contribution < -0.4 is 16.8 Å². The first kappa shape index (κ1) is 28.4. The van der Waals surface area contributed by atoms with Crippen molar-refractivity contribution < 1.29 is 64.5 Å². The van der Waals surface area contributed by atoms with E-state index in [0.717, 1.165) is 0 Å². The van der Waals surface area contributed by atoms with Crippen LogP contribution in [0, 0.1) is 0 Å². The Bertz CT molecular complexity index is 756. The third-order valence-electron chi connectivity index (χ3n) is 7.42. The van der Waals surface area contributed by atoms with Crippen molar-refractivity contribution in [3.8, 4) is 0 Å². The van der Waals surface area contributed by atoms with Gasteiger partial charge < -0.3 is 81.3 Å². The molecule has 0 aromatic heterocycles. The summed E-state index contributed by atoms with van der Waals surface area (Å²) in [5.74, 6) is -2.48. The number of aliphatic hydroxyl groups is 8. The molecule has 13 N–H and O–H groups in total. The quantitative estimate of drug-likeness (QED) is 0.153. The highest BCUT2D eigenvalue weighted by Gasteiger charge is 2.67. The molecule has 0 bridgehead atoms. The van der Waals surface area contributed by atoms with Crippen LogP contribution in [0.1, 0.15) is 6.42 Å². The number of aliphatic hydroxyl groups excluding tert-OH is 8. The Balaban J connectivity index is 1.62. The van der Waals surface area contributed by atoms with Crippen LogP contribution in [0.3, 0.4) is 0 Å². The van der Waals surface area contributed by atoms with E-state index in [1.165, 1.54) is 0 Å². The van der Waals surface area contributed by atoms with Crippen molar-refractivity contribution in [3.63, 3.8) is 0 Å². The second-order valence-electron chi connectivity index (χ2n) is 9.72. The van der Waals surface area contributed by atoms with Crippen LogP contribution in [-0.4, -0.2) is 159 Å². The van der Waals surface area contributed by atoms with Gasteiger partial charge in [0.1, 0.15) is 48.8 Å². The van der Waals surface area contributed by atoms with E-state index in [4.69, 9.17) is 35.2 Å². The topological polar surface area (TPSA) is 272 Å². The molecule has 1 unspecified atom stereocenters. The Morgan fingerprint density at radius 1 is 0.944 bits per heavy atom. The molecule has 210 valence electrons. The van der Waals surface area contributed by atoms with Gasteiger partial charge in [-0.15, -0.1) is 0 Å². The number of ether oxygens (including phenoxy) is 5. The van der Waals surface area contributed by atoms with Crippen molar-refractivity contribution in [2.75, 3.05) is 20.3 Å². The molecule has 0 aromatic rings. The van der Waals surface area contributed by atoms with Crippen molar-refractivity contribution >= 4 is 0 Å². The summed E-state index contributed by atoms with van der Waals surface area (Å²) in [6.07, 6.45) is -17.7. The lowest BCUT2D eigenvalue weighted by Crippen LogP contribution is -2.69. The second-order valence-corrected chi connectivity index (χ2v) is 9.72. The Labute approximate surface area is 206 Å². The minimum absolute atomic E-state index is 0.254. The summed E-state index contributed by atoms with van der Waals surface area (Å²) >= 11 is 0. The summed E-state index contributed by atoms with van der Waals surface area (Å²) in [4.78, 5) is 0. The summed E-state index contributed by atoms with van der Waals surface area (Å²) < 4.78 is 28.7. The van der Waals surface area contributed by atoms with Crippen molar-refractivity contribution in [1.29, 1.82) is 0 Å². The number of rotatable bonds is 6. The van der Waals surface area contributed by atoms with Crippen LogP contribution in [0.5, 0.6) is 0 Å². The molecule has 3 aliphatic heterocycles. The van der Waals surface area contributed by atoms with Gasteiger partial charge in [0, 0.05) is 12.1 Å². The van der Waals surface area contributed by atoms with E-state index >= 15 is 0 Å². The zero-order valence-electron chi connectivity index (χ0n) is 19.6. The molecular formula is C20H37N3O13. The van der Waals surface area contributed by atoms with E-state index in [2.05, 4.69) is 5.32 Å². The first-order chi connectivity index (χ1) is 17.0. The molecule has 0 amide bonds. The van der Waals surface area contributed by atoms with Crippen molar-refractivity contribution in [3.05, 3.63) is 0 Å². The normalized spacial score (nSPS) is 54.4. The standard InChI is InChI=1S/C20H37N3O13/c1-23-7-2-5(21)9(26)15(10(7)27)33-19-17-16(11(28)8(4-25)32-19)35-20(36-17)18(31)13(30)12(29)14(34-20)6(22)3-24/h5-19,23-31H,2-4,21-22H2,1H3/t5-,6+,7+,8-,9+,10+,11-,12-,13+,14+,15-,16+,17-,18-,19+,20?/m1/s1. The lowest BCUT2D eigenvalue weighted by atomic mass is 9.84. The molecule has 4 aliphatic rings. The summed E-state index contributed by atoms with van der Waals surface area (Å²) in [6, 6.07) is -2.50. The van der Waals surface area contributed by atoms with Crippen LogP contribution in [0.25, 0.3) is 0 Å². The fraction of sp³-hybridized carbons (Fsp3) is 1.00. The van der Waals surface area contributed by atoms with Gasteiger partial charge in [-0.2, -0.15) is 0 Å². The minimum Gasteiger partial charge on any atom is -0.395 e. The van der Waals surface area contributed by atoms with E-state index in [9.17, 15) is 40.9 Å². The first-order valence-electron chi connectivity index (χ1n) is 11.8. The highest BCUT2D eigenvalue weighted by molar-refractivity contribution is 5.05. The monoisotopic (exact) mass is 527 g/mol. The molecule has 3 heterocycles. The Hall–Kier alpha value is -0.640. The SMILES string of the molecule is CN[C@H]1C[C@@H](N)[C@H](O)[C@@H](O[C@@H]2O[C@H](CO)[C@@H](O)[C@@H]3OC4(O[C@@H]([C@@H](N)CO)[C@H](O)[C@H](O)[C@H]4O)O[C@@H]23)[C@H]1O. The smallest absolute Gasteiger partial charge is 0.314 e. The molecule has 16 nitrogen and oxygen atoms in total. The molecule has 36 heavy (non-hydrogen) atoms. The van der Waals surface area contributed by atoms with Crippen LogP contribution in [0.2, 0.25) is 0 Å². The first-order valence-corrected chi connectivity index (χ1v) is 11.8. The Morgan fingerprint density at radius 3 is 2.22 bits per heavy atom. The molecule has 4 rings (SSSR count). The van der Waals surface area contributed by atoms with E-state index < -0.39 is 111 Å². The third-order valence-corrected chi connectivity index (χ3v) is 7.42. The van der Waals surface area contributed by atoms with Gasteiger partial charge in [0.2, 0.25) is 0 Å². The summed E-state index contributed by atoms with van der Waals surface area (Å²) in [6.45, 7) is -1.33. The van der Waals surface area contributed by atoms with Gasteiger partial charge in [-0.25, -0.2) is 0 Å². The maximum absolute atomic E-state index is 10.7. The highest BCUT2D eigenvalue weighted by Crippen LogP contribution is 2.45. The number of nitrogens with two attached hydrogens (primary N) is 2. The molecule has 1 spiro atoms. The van der Waals surface area contributed by atoms with E-state index in [0.29, 0.717) is 0 Å². The average molecular weight is 528 g/mol. The Morgan fingerprint density at radius 2 is 1.61 bits per heavy atom. The molecule has 16 heteroatoms. The molecule has 0 aromatic carbocycles. The molecule has 1 aliphatic carbocycles. The van der Waals surface area contributed by atoms with Gasteiger partial charge >= 0.3 is 5.97 Å². The van der Waals surface area contributed by atoms with Crippen LogP contribution in [0.15, 0.2) is 0 Å². The minimum atomic E-state index is -2.48. The summed E-state index contributed by atoms with van der Waals surface area (Å²) in [7, 11) is 1.60. The van der Waals surface area contributed by atoms with Crippen LogP contribution >= 0.6 is 0 Å². The van der Waals surface area contributed by atoms with Gasteiger partial charge in [0.25, 0.3) is 0 Å².